The fourth-order valence-corrected chi connectivity index (χ4v) is 2.94. The summed E-state index contributed by atoms with van der Waals surface area (Å²) in [5, 5.41) is 10.5. The molecule has 21 heavy (non-hydrogen) atoms. The van der Waals surface area contributed by atoms with E-state index < -0.39 is 26.5 Å². The summed E-state index contributed by atoms with van der Waals surface area (Å²) in [6.07, 6.45) is 0.585. The zero-order valence-corrected chi connectivity index (χ0v) is 12.9. The van der Waals surface area contributed by atoms with Crippen molar-refractivity contribution in [2.75, 3.05) is 20.6 Å². The van der Waals surface area contributed by atoms with Crippen molar-refractivity contribution in [2.45, 2.75) is 24.3 Å². The molecular formula is C12H18FN3O4S. The van der Waals surface area contributed by atoms with Gasteiger partial charge in [-0.3, -0.25) is 10.1 Å². The fourth-order valence-electron chi connectivity index (χ4n) is 1.65. The first-order valence-corrected chi connectivity index (χ1v) is 7.73. The highest BCUT2D eigenvalue weighted by Crippen LogP contribution is 2.20. The molecule has 1 aromatic carbocycles. The van der Waals surface area contributed by atoms with Crippen molar-refractivity contribution in [2.24, 2.45) is 0 Å². The number of hydrogen-bond donors (Lipinski definition) is 1. The number of halogens is 1. The summed E-state index contributed by atoms with van der Waals surface area (Å²) >= 11 is 0. The van der Waals surface area contributed by atoms with E-state index in [0.717, 1.165) is 12.1 Å². The number of nitro groups is 1. The second-order valence-corrected chi connectivity index (χ2v) is 6.70. The molecule has 0 saturated heterocycles. The van der Waals surface area contributed by atoms with E-state index in [1.54, 1.807) is 6.92 Å². The number of nitrogens with zero attached hydrogens (tertiary/aromatic N) is 2. The maximum absolute atomic E-state index is 13.5. The van der Waals surface area contributed by atoms with Crippen LogP contribution in [-0.2, 0) is 10.0 Å². The van der Waals surface area contributed by atoms with Crippen molar-refractivity contribution in [3.05, 3.63) is 34.1 Å². The van der Waals surface area contributed by atoms with Gasteiger partial charge in [-0.15, -0.1) is 0 Å². The van der Waals surface area contributed by atoms with Crippen LogP contribution in [0.5, 0.6) is 0 Å². The van der Waals surface area contributed by atoms with Gasteiger partial charge >= 0.3 is 5.69 Å². The van der Waals surface area contributed by atoms with Crippen molar-refractivity contribution < 1.29 is 17.7 Å². The molecule has 0 amide bonds. The number of nitro benzene ring substituents is 1. The lowest BCUT2D eigenvalue weighted by molar-refractivity contribution is -0.387. The highest BCUT2D eigenvalue weighted by atomic mass is 32.2. The third-order valence-corrected chi connectivity index (χ3v) is 4.38. The quantitative estimate of drug-likeness (QED) is 0.605. The predicted molar refractivity (Wildman–Crippen MR) is 76.0 cm³/mol. The molecule has 1 aromatic rings. The molecule has 0 fully saturated rings. The Hall–Kier alpha value is -1.58. The van der Waals surface area contributed by atoms with Crippen molar-refractivity contribution in [3.63, 3.8) is 0 Å². The summed E-state index contributed by atoms with van der Waals surface area (Å²) in [6.45, 7) is 2.39. The highest BCUT2D eigenvalue weighted by Gasteiger charge is 2.22. The number of rotatable bonds is 7. The molecule has 1 atom stereocenters. The molecular weight excluding hydrogens is 301 g/mol. The number of hydrogen-bond acceptors (Lipinski definition) is 5. The lowest BCUT2D eigenvalue weighted by Gasteiger charge is -2.16. The molecule has 0 aromatic heterocycles. The van der Waals surface area contributed by atoms with Crippen LogP contribution in [0.15, 0.2) is 23.1 Å². The highest BCUT2D eigenvalue weighted by molar-refractivity contribution is 7.89. The molecule has 7 nitrogen and oxygen atoms in total. The van der Waals surface area contributed by atoms with Crippen LogP contribution in [0.25, 0.3) is 0 Å². The standard InChI is InChI=1S/C12H18FN3O4S/c1-9(6-7-15(2)3)14-21(19,20)10-4-5-12(16(17)18)11(13)8-10/h4-5,8-9,14H,6-7H2,1-3H3. The fraction of sp³-hybridized carbons (Fsp3) is 0.500. The van der Waals surface area contributed by atoms with E-state index in [9.17, 15) is 22.9 Å². The van der Waals surface area contributed by atoms with Crippen LogP contribution in [0.3, 0.4) is 0 Å². The van der Waals surface area contributed by atoms with Gasteiger partial charge in [0, 0.05) is 18.2 Å². The first-order valence-electron chi connectivity index (χ1n) is 6.24. The second kappa shape index (κ2) is 6.92. The summed E-state index contributed by atoms with van der Waals surface area (Å²) in [6, 6.07) is 2.17. The zero-order valence-electron chi connectivity index (χ0n) is 12.0. The molecule has 118 valence electrons. The Morgan fingerprint density at radius 2 is 2.05 bits per heavy atom. The van der Waals surface area contributed by atoms with Gasteiger partial charge in [0.2, 0.25) is 15.8 Å². The minimum Gasteiger partial charge on any atom is -0.309 e. The van der Waals surface area contributed by atoms with Gasteiger partial charge in [-0.05, 0) is 40.1 Å². The van der Waals surface area contributed by atoms with Crippen molar-refractivity contribution in [3.8, 4) is 0 Å². The molecule has 1 N–H and O–H groups in total. The molecule has 0 radical (unpaired) electrons. The summed E-state index contributed by atoms with van der Waals surface area (Å²) < 4.78 is 40.0. The number of sulfonamides is 1. The minimum absolute atomic E-state index is 0.331. The normalized spacial score (nSPS) is 13.4. The monoisotopic (exact) mass is 319 g/mol. The summed E-state index contributed by atoms with van der Waals surface area (Å²) in [5.74, 6) is -1.18. The number of nitrogens with one attached hydrogen (secondary N) is 1. The second-order valence-electron chi connectivity index (χ2n) is 4.98. The third-order valence-electron chi connectivity index (χ3n) is 2.79. The zero-order chi connectivity index (χ0) is 16.2. The van der Waals surface area contributed by atoms with Gasteiger partial charge in [0.05, 0.1) is 9.82 Å². The van der Waals surface area contributed by atoms with Crippen LogP contribution in [0.2, 0.25) is 0 Å². The Morgan fingerprint density at radius 3 is 2.52 bits per heavy atom. The topological polar surface area (TPSA) is 92.6 Å². The molecule has 0 saturated carbocycles. The molecule has 0 aliphatic rings. The Morgan fingerprint density at radius 1 is 1.43 bits per heavy atom. The van der Waals surface area contributed by atoms with Gasteiger partial charge in [0.1, 0.15) is 0 Å². The minimum atomic E-state index is -3.90. The van der Waals surface area contributed by atoms with E-state index in [1.165, 1.54) is 0 Å². The summed E-state index contributed by atoms with van der Waals surface area (Å²) in [5.41, 5.74) is -0.755. The SMILES string of the molecule is CC(CCN(C)C)NS(=O)(=O)c1ccc([N+](=O)[O-])c(F)c1. The van der Waals surface area contributed by atoms with Crippen LogP contribution in [-0.4, -0.2) is 44.9 Å². The molecule has 0 aliphatic heterocycles. The van der Waals surface area contributed by atoms with E-state index in [-0.39, 0.29) is 10.9 Å². The Balaban J connectivity index is 2.88. The lowest BCUT2D eigenvalue weighted by Crippen LogP contribution is -2.34. The molecule has 0 spiro atoms. The van der Waals surface area contributed by atoms with Gasteiger partial charge in [0.25, 0.3) is 0 Å². The van der Waals surface area contributed by atoms with Gasteiger partial charge in [-0.1, -0.05) is 0 Å². The number of benzene rings is 1. The third kappa shape index (κ3) is 5.03. The maximum atomic E-state index is 13.5. The van der Waals surface area contributed by atoms with Crippen molar-refractivity contribution in [1.29, 1.82) is 0 Å². The van der Waals surface area contributed by atoms with Gasteiger partial charge in [-0.25, -0.2) is 13.1 Å². The smallest absolute Gasteiger partial charge is 0.304 e. The molecule has 0 aliphatic carbocycles. The molecule has 1 unspecified atom stereocenters. The predicted octanol–water partition coefficient (Wildman–Crippen LogP) is 1.35. The van der Waals surface area contributed by atoms with Gasteiger partial charge in [0.15, 0.2) is 0 Å². The maximum Gasteiger partial charge on any atom is 0.304 e. The lowest BCUT2D eigenvalue weighted by atomic mass is 10.2. The first kappa shape index (κ1) is 17.5. The average Bonchev–Trinajstić information content (AvgIpc) is 2.35. The molecule has 9 heteroatoms. The Kier molecular flexibility index (Phi) is 5.76. The average molecular weight is 319 g/mol. The van der Waals surface area contributed by atoms with E-state index in [0.29, 0.717) is 19.0 Å². The van der Waals surface area contributed by atoms with Crippen molar-refractivity contribution in [1.82, 2.24) is 9.62 Å². The van der Waals surface area contributed by atoms with E-state index in [2.05, 4.69) is 4.72 Å². The molecule has 0 bridgehead atoms. The molecule has 0 heterocycles. The summed E-state index contributed by atoms with van der Waals surface area (Å²) in [4.78, 5) is 11.2. The van der Waals surface area contributed by atoms with Crippen LogP contribution in [0, 0.1) is 15.9 Å². The molecule has 1 rings (SSSR count). The van der Waals surface area contributed by atoms with Crippen LogP contribution >= 0.6 is 0 Å². The van der Waals surface area contributed by atoms with Crippen LogP contribution in [0.4, 0.5) is 10.1 Å². The Labute approximate surface area is 123 Å². The van der Waals surface area contributed by atoms with E-state index in [1.807, 2.05) is 19.0 Å². The first-order chi connectivity index (χ1) is 9.63. The summed E-state index contributed by atoms with van der Waals surface area (Å²) in [7, 11) is -0.168. The van der Waals surface area contributed by atoms with E-state index in [4.69, 9.17) is 0 Å². The van der Waals surface area contributed by atoms with Crippen LogP contribution < -0.4 is 4.72 Å². The van der Waals surface area contributed by atoms with Crippen molar-refractivity contribution >= 4 is 15.7 Å². The van der Waals surface area contributed by atoms with Gasteiger partial charge in [-0.2, -0.15) is 4.39 Å². The van der Waals surface area contributed by atoms with E-state index >= 15 is 0 Å². The largest absolute Gasteiger partial charge is 0.309 e. The van der Waals surface area contributed by atoms with Crippen LogP contribution in [0.1, 0.15) is 13.3 Å². The van der Waals surface area contributed by atoms with Gasteiger partial charge < -0.3 is 4.90 Å². The Bertz CT molecular complexity index is 619.